The van der Waals surface area contributed by atoms with Gasteiger partial charge in [-0.3, -0.25) is 0 Å². The van der Waals surface area contributed by atoms with Gasteiger partial charge < -0.3 is 5.73 Å². The molecular formula is C17H15FN4. The minimum atomic E-state index is -0.485. The Kier molecular flexibility index (Phi) is 3.78. The number of nitrogens with zero attached hydrogens (tertiary/aromatic N) is 3. The summed E-state index contributed by atoms with van der Waals surface area (Å²) in [5, 5.41) is 0. The van der Waals surface area contributed by atoms with Crippen LogP contribution in [0.5, 0.6) is 0 Å². The molecule has 3 rings (SSSR count). The zero-order valence-corrected chi connectivity index (χ0v) is 12.1. The highest BCUT2D eigenvalue weighted by molar-refractivity contribution is 5.75. The Morgan fingerprint density at radius 1 is 0.955 bits per heavy atom. The van der Waals surface area contributed by atoms with Gasteiger partial charge in [-0.2, -0.15) is 0 Å². The summed E-state index contributed by atoms with van der Waals surface area (Å²) in [6.45, 7) is 2.11. The third kappa shape index (κ3) is 2.79. The van der Waals surface area contributed by atoms with Gasteiger partial charge in [0.25, 0.3) is 0 Å². The summed E-state index contributed by atoms with van der Waals surface area (Å²) in [5.74, 6) is 0.195. The van der Waals surface area contributed by atoms with Gasteiger partial charge in [-0.25, -0.2) is 19.3 Å². The first-order chi connectivity index (χ1) is 10.7. The van der Waals surface area contributed by atoms with Crippen LogP contribution in [0.25, 0.3) is 22.5 Å². The van der Waals surface area contributed by atoms with Gasteiger partial charge in [0.2, 0.25) is 0 Å². The third-order valence-electron chi connectivity index (χ3n) is 3.48. The van der Waals surface area contributed by atoms with Crippen LogP contribution in [-0.4, -0.2) is 15.0 Å². The average Bonchev–Trinajstić information content (AvgIpc) is 2.56. The van der Waals surface area contributed by atoms with Crippen LogP contribution in [0.3, 0.4) is 0 Å². The van der Waals surface area contributed by atoms with E-state index in [0.29, 0.717) is 17.2 Å². The van der Waals surface area contributed by atoms with Gasteiger partial charge in [0.05, 0.1) is 18.0 Å². The van der Waals surface area contributed by atoms with E-state index >= 15 is 0 Å². The molecule has 0 aliphatic carbocycles. The standard InChI is InChI=1S/C17H15FN4/c1-2-11-3-5-12(6-4-11)13-7-15(16(19)20-8-13)17-21-9-14(18)10-22-17/h3-10H,2H2,1H3,(H2,19,20). The van der Waals surface area contributed by atoms with E-state index in [4.69, 9.17) is 5.73 Å². The molecule has 110 valence electrons. The maximum Gasteiger partial charge on any atom is 0.163 e. The molecule has 0 bridgehead atoms. The van der Waals surface area contributed by atoms with Crippen molar-refractivity contribution in [3.8, 4) is 22.5 Å². The summed E-state index contributed by atoms with van der Waals surface area (Å²) < 4.78 is 12.9. The van der Waals surface area contributed by atoms with Crippen LogP contribution >= 0.6 is 0 Å². The minimum Gasteiger partial charge on any atom is -0.383 e. The Morgan fingerprint density at radius 2 is 1.64 bits per heavy atom. The normalized spacial score (nSPS) is 10.6. The summed E-state index contributed by atoms with van der Waals surface area (Å²) >= 11 is 0. The maximum atomic E-state index is 12.9. The summed E-state index contributed by atoms with van der Waals surface area (Å²) in [6.07, 6.45) is 4.94. The van der Waals surface area contributed by atoms with E-state index in [1.807, 2.05) is 18.2 Å². The highest BCUT2D eigenvalue weighted by atomic mass is 19.1. The fourth-order valence-corrected chi connectivity index (χ4v) is 2.20. The molecule has 22 heavy (non-hydrogen) atoms. The van der Waals surface area contributed by atoms with E-state index in [9.17, 15) is 4.39 Å². The highest BCUT2D eigenvalue weighted by Crippen LogP contribution is 2.27. The highest BCUT2D eigenvalue weighted by Gasteiger charge is 2.09. The predicted octanol–water partition coefficient (Wildman–Crippen LogP) is 3.49. The summed E-state index contributed by atoms with van der Waals surface area (Å²) in [5.41, 5.74) is 9.72. The molecule has 0 radical (unpaired) electrons. The van der Waals surface area contributed by atoms with Crippen molar-refractivity contribution >= 4 is 5.82 Å². The molecule has 2 heterocycles. The summed E-state index contributed by atoms with van der Waals surface area (Å²) in [6, 6.07) is 10.1. The van der Waals surface area contributed by atoms with Crippen molar-refractivity contribution in [2.75, 3.05) is 5.73 Å². The molecule has 4 nitrogen and oxygen atoms in total. The molecule has 0 saturated heterocycles. The molecule has 2 N–H and O–H groups in total. The Hall–Kier alpha value is -2.82. The number of rotatable bonds is 3. The molecule has 0 fully saturated rings. The number of aryl methyl sites for hydroxylation is 1. The predicted molar refractivity (Wildman–Crippen MR) is 84.4 cm³/mol. The first-order valence-corrected chi connectivity index (χ1v) is 7.00. The lowest BCUT2D eigenvalue weighted by Crippen LogP contribution is -1.98. The van der Waals surface area contributed by atoms with Crippen LogP contribution in [0.1, 0.15) is 12.5 Å². The van der Waals surface area contributed by atoms with Crippen molar-refractivity contribution in [2.24, 2.45) is 0 Å². The van der Waals surface area contributed by atoms with Crippen LogP contribution in [0.4, 0.5) is 10.2 Å². The fraction of sp³-hybridized carbons (Fsp3) is 0.118. The van der Waals surface area contributed by atoms with Gasteiger partial charge in [0.1, 0.15) is 5.82 Å². The average molecular weight is 294 g/mol. The second-order valence-electron chi connectivity index (χ2n) is 4.93. The van der Waals surface area contributed by atoms with E-state index in [1.165, 1.54) is 5.56 Å². The molecular weight excluding hydrogens is 279 g/mol. The van der Waals surface area contributed by atoms with Gasteiger partial charge >= 0.3 is 0 Å². The molecule has 0 unspecified atom stereocenters. The molecule has 1 aromatic carbocycles. The van der Waals surface area contributed by atoms with Crippen molar-refractivity contribution in [3.63, 3.8) is 0 Å². The number of nitrogens with two attached hydrogens (primary N) is 1. The van der Waals surface area contributed by atoms with Gasteiger partial charge in [-0.15, -0.1) is 0 Å². The van der Waals surface area contributed by atoms with Crippen LogP contribution in [0.2, 0.25) is 0 Å². The van der Waals surface area contributed by atoms with E-state index in [1.54, 1.807) is 6.20 Å². The number of nitrogen functional groups attached to an aromatic ring is 1. The largest absolute Gasteiger partial charge is 0.383 e. The second-order valence-corrected chi connectivity index (χ2v) is 4.93. The van der Waals surface area contributed by atoms with Crippen molar-refractivity contribution in [1.82, 2.24) is 15.0 Å². The quantitative estimate of drug-likeness (QED) is 0.803. The van der Waals surface area contributed by atoms with Crippen molar-refractivity contribution in [3.05, 3.63) is 60.3 Å². The molecule has 0 atom stereocenters. The number of pyridine rings is 1. The van der Waals surface area contributed by atoms with Crippen molar-refractivity contribution in [2.45, 2.75) is 13.3 Å². The zero-order chi connectivity index (χ0) is 15.5. The zero-order valence-electron chi connectivity index (χ0n) is 12.1. The van der Waals surface area contributed by atoms with Crippen LogP contribution in [0, 0.1) is 5.82 Å². The Morgan fingerprint density at radius 3 is 2.27 bits per heavy atom. The molecule has 5 heteroatoms. The van der Waals surface area contributed by atoms with Gasteiger partial charge in [0.15, 0.2) is 11.6 Å². The summed E-state index contributed by atoms with van der Waals surface area (Å²) in [4.78, 5) is 12.1. The van der Waals surface area contributed by atoms with E-state index in [-0.39, 0.29) is 0 Å². The van der Waals surface area contributed by atoms with E-state index in [0.717, 1.165) is 29.9 Å². The smallest absolute Gasteiger partial charge is 0.163 e. The molecule has 0 saturated carbocycles. The first-order valence-electron chi connectivity index (χ1n) is 7.00. The van der Waals surface area contributed by atoms with Crippen LogP contribution < -0.4 is 5.73 Å². The summed E-state index contributed by atoms with van der Waals surface area (Å²) in [7, 11) is 0. The maximum absolute atomic E-state index is 12.9. The number of aromatic nitrogens is 3. The monoisotopic (exact) mass is 294 g/mol. The van der Waals surface area contributed by atoms with Crippen LogP contribution in [-0.2, 0) is 6.42 Å². The van der Waals surface area contributed by atoms with Crippen molar-refractivity contribution in [1.29, 1.82) is 0 Å². The lowest BCUT2D eigenvalue weighted by Gasteiger charge is -2.08. The molecule has 0 amide bonds. The molecule has 0 aliphatic rings. The molecule has 0 aliphatic heterocycles. The first kappa shape index (κ1) is 14.1. The van der Waals surface area contributed by atoms with E-state index in [2.05, 4.69) is 34.0 Å². The number of hydrogen-bond donors (Lipinski definition) is 1. The van der Waals surface area contributed by atoms with E-state index < -0.39 is 5.82 Å². The Balaban J connectivity index is 2.03. The SMILES string of the molecule is CCc1ccc(-c2cnc(N)c(-c3ncc(F)cn3)c2)cc1. The minimum absolute atomic E-state index is 0.320. The lowest BCUT2D eigenvalue weighted by atomic mass is 10.0. The fourth-order valence-electron chi connectivity index (χ4n) is 2.20. The number of halogens is 1. The third-order valence-corrected chi connectivity index (χ3v) is 3.48. The number of hydrogen-bond acceptors (Lipinski definition) is 4. The molecule has 3 aromatic rings. The van der Waals surface area contributed by atoms with Gasteiger partial charge in [-0.05, 0) is 23.6 Å². The van der Waals surface area contributed by atoms with Crippen LogP contribution in [0.15, 0.2) is 48.9 Å². The lowest BCUT2D eigenvalue weighted by molar-refractivity contribution is 0.614. The molecule has 0 spiro atoms. The number of benzene rings is 1. The molecule has 2 aromatic heterocycles. The van der Waals surface area contributed by atoms with Gasteiger partial charge in [-0.1, -0.05) is 31.2 Å². The Labute approximate surface area is 127 Å². The topological polar surface area (TPSA) is 64.7 Å². The Bertz CT molecular complexity index is 783. The second kappa shape index (κ2) is 5.89. The van der Waals surface area contributed by atoms with Crippen molar-refractivity contribution < 1.29 is 4.39 Å². The van der Waals surface area contributed by atoms with Gasteiger partial charge in [0, 0.05) is 11.8 Å². The number of anilines is 1.